The lowest BCUT2D eigenvalue weighted by molar-refractivity contribution is -0.155. The van der Waals surface area contributed by atoms with Crippen LogP contribution in [0, 0.1) is 5.41 Å². The minimum atomic E-state index is -0.690. The van der Waals surface area contributed by atoms with E-state index in [0.29, 0.717) is 31.8 Å². The van der Waals surface area contributed by atoms with Gasteiger partial charge in [-0.1, -0.05) is 20.8 Å². The molecule has 33 heavy (non-hydrogen) atoms. The number of carbonyl (C=O) groups is 2. The largest absolute Gasteiger partial charge is 0.459 e. The van der Waals surface area contributed by atoms with Crippen LogP contribution in [0.5, 0.6) is 0 Å². The Kier molecular flexibility index (Phi) is 6.92. The molecule has 1 amide bonds. The molecule has 0 aliphatic carbocycles. The van der Waals surface area contributed by atoms with E-state index in [1.807, 2.05) is 0 Å². The van der Waals surface area contributed by atoms with Gasteiger partial charge in [-0.25, -0.2) is 4.98 Å². The Labute approximate surface area is 192 Å². The number of esters is 1. The lowest BCUT2D eigenvalue weighted by atomic mass is 9.96. The fourth-order valence-electron chi connectivity index (χ4n) is 3.19. The first-order chi connectivity index (χ1) is 15.3. The SMILES string of the molecule is CC(C)(C)OC(=O)Cn1c(NNC(=O)C(C)(C)C)nc(=O)c2ncc(N3CCOCC3)cc21. The van der Waals surface area contributed by atoms with E-state index in [-0.39, 0.29) is 23.9 Å². The first kappa shape index (κ1) is 24.4. The monoisotopic (exact) mass is 460 g/mol. The number of nitrogens with one attached hydrogen (secondary N) is 2. The summed E-state index contributed by atoms with van der Waals surface area (Å²) in [4.78, 5) is 48.2. The third kappa shape index (κ3) is 6.19. The van der Waals surface area contributed by atoms with Crippen LogP contribution in [0.2, 0.25) is 0 Å². The van der Waals surface area contributed by atoms with Gasteiger partial charge in [0.2, 0.25) is 11.9 Å². The van der Waals surface area contributed by atoms with Crippen LogP contribution in [0.4, 0.5) is 11.6 Å². The number of aromatic nitrogens is 3. The van der Waals surface area contributed by atoms with Crippen LogP contribution >= 0.6 is 0 Å². The average Bonchev–Trinajstić information content (AvgIpc) is 2.72. The van der Waals surface area contributed by atoms with Crippen LogP contribution in [0.3, 0.4) is 0 Å². The second kappa shape index (κ2) is 9.34. The second-order valence-electron chi connectivity index (χ2n) is 9.90. The summed E-state index contributed by atoms with van der Waals surface area (Å²) in [6.07, 6.45) is 1.61. The molecule has 3 rings (SSSR count). The number of fused-ring (bicyclic) bond motifs is 1. The number of hydrogen-bond acceptors (Lipinski definition) is 9. The van der Waals surface area contributed by atoms with Gasteiger partial charge in [0.15, 0.2) is 5.52 Å². The van der Waals surface area contributed by atoms with Gasteiger partial charge in [-0.3, -0.25) is 29.8 Å². The molecule has 3 heterocycles. The van der Waals surface area contributed by atoms with Crippen molar-refractivity contribution in [3.8, 4) is 0 Å². The van der Waals surface area contributed by atoms with Gasteiger partial charge in [0.05, 0.1) is 30.6 Å². The molecule has 0 atom stereocenters. The Balaban J connectivity index is 2.07. The Bertz CT molecular complexity index is 1090. The molecule has 2 N–H and O–H groups in total. The Hall–Kier alpha value is -3.21. The number of anilines is 2. The fraction of sp³-hybridized carbons (Fsp3) is 0.591. The molecule has 0 bridgehead atoms. The maximum Gasteiger partial charge on any atom is 0.326 e. The summed E-state index contributed by atoms with van der Waals surface area (Å²) in [6, 6.07) is 1.79. The highest BCUT2D eigenvalue weighted by molar-refractivity contribution is 5.84. The molecule has 1 aliphatic rings. The van der Waals surface area contributed by atoms with Crippen LogP contribution in [-0.2, 0) is 25.6 Å². The van der Waals surface area contributed by atoms with Crippen molar-refractivity contribution in [2.45, 2.75) is 53.7 Å². The molecule has 0 spiro atoms. The van der Waals surface area contributed by atoms with Gasteiger partial charge in [-0.05, 0) is 26.8 Å². The van der Waals surface area contributed by atoms with Crippen molar-refractivity contribution in [1.29, 1.82) is 0 Å². The highest BCUT2D eigenvalue weighted by atomic mass is 16.6. The van der Waals surface area contributed by atoms with E-state index in [9.17, 15) is 14.4 Å². The zero-order valence-corrected chi connectivity index (χ0v) is 20.0. The maximum atomic E-state index is 12.7. The number of morpholine rings is 1. The van der Waals surface area contributed by atoms with E-state index in [1.54, 1.807) is 53.8 Å². The normalized spacial score (nSPS) is 14.8. The maximum absolute atomic E-state index is 12.7. The van der Waals surface area contributed by atoms with E-state index >= 15 is 0 Å². The molecular weight excluding hydrogens is 428 g/mol. The van der Waals surface area contributed by atoms with Crippen molar-refractivity contribution in [1.82, 2.24) is 20.0 Å². The number of hydrogen-bond donors (Lipinski definition) is 2. The van der Waals surface area contributed by atoms with Crippen molar-refractivity contribution in [3.05, 3.63) is 22.6 Å². The van der Waals surface area contributed by atoms with Crippen molar-refractivity contribution in [3.63, 3.8) is 0 Å². The van der Waals surface area contributed by atoms with Gasteiger partial charge in [0, 0.05) is 18.5 Å². The van der Waals surface area contributed by atoms with E-state index in [2.05, 4.69) is 25.7 Å². The molecule has 1 fully saturated rings. The van der Waals surface area contributed by atoms with Crippen LogP contribution in [0.25, 0.3) is 11.0 Å². The first-order valence-corrected chi connectivity index (χ1v) is 10.9. The van der Waals surface area contributed by atoms with Gasteiger partial charge in [0.25, 0.3) is 0 Å². The molecular formula is C22H32N6O5. The summed E-state index contributed by atoms with van der Waals surface area (Å²) in [7, 11) is 0. The number of hydrazine groups is 1. The van der Waals surface area contributed by atoms with Gasteiger partial charge in [-0.2, -0.15) is 4.98 Å². The van der Waals surface area contributed by atoms with Gasteiger partial charge >= 0.3 is 11.5 Å². The van der Waals surface area contributed by atoms with Crippen molar-refractivity contribution in [2.24, 2.45) is 5.41 Å². The molecule has 180 valence electrons. The van der Waals surface area contributed by atoms with Crippen LogP contribution < -0.4 is 21.3 Å². The zero-order valence-electron chi connectivity index (χ0n) is 20.0. The van der Waals surface area contributed by atoms with Gasteiger partial charge in [-0.15, -0.1) is 0 Å². The summed E-state index contributed by atoms with van der Waals surface area (Å²) < 4.78 is 12.4. The lowest BCUT2D eigenvalue weighted by Gasteiger charge is -2.29. The number of rotatable bonds is 5. The third-order valence-electron chi connectivity index (χ3n) is 4.86. The standard InChI is InChI=1S/C22H32N6O5/c1-21(2,3)19(31)25-26-20-24-18(30)17-15(28(20)13-16(29)33-22(4,5)6)11-14(12-23-17)27-7-9-32-10-8-27/h11-12H,7-10,13H2,1-6H3,(H,25,31)(H,24,26,30). The summed E-state index contributed by atoms with van der Waals surface area (Å²) in [5, 5.41) is 0. The summed E-state index contributed by atoms with van der Waals surface area (Å²) in [6.45, 7) is 12.9. The van der Waals surface area contributed by atoms with Gasteiger partial charge < -0.3 is 14.4 Å². The molecule has 0 saturated carbocycles. The molecule has 11 nitrogen and oxygen atoms in total. The number of nitrogens with zero attached hydrogens (tertiary/aromatic N) is 4. The Morgan fingerprint density at radius 2 is 1.82 bits per heavy atom. The number of amides is 1. The number of ether oxygens (including phenoxy) is 2. The second-order valence-corrected chi connectivity index (χ2v) is 9.90. The van der Waals surface area contributed by atoms with Crippen LogP contribution in [0.1, 0.15) is 41.5 Å². The quantitative estimate of drug-likeness (QED) is 0.503. The van der Waals surface area contributed by atoms with E-state index in [0.717, 1.165) is 5.69 Å². The molecule has 0 unspecified atom stereocenters. The topological polar surface area (TPSA) is 128 Å². The third-order valence-corrected chi connectivity index (χ3v) is 4.86. The minimum Gasteiger partial charge on any atom is -0.459 e. The number of carbonyl (C=O) groups excluding carboxylic acids is 2. The van der Waals surface area contributed by atoms with Crippen LogP contribution in [0.15, 0.2) is 17.1 Å². The summed E-state index contributed by atoms with van der Waals surface area (Å²) >= 11 is 0. The average molecular weight is 461 g/mol. The number of pyridine rings is 1. The molecule has 11 heteroatoms. The molecule has 1 aliphatic heterocycles. The van der Waals surface area contributed by atoms with E-state index in [4.69, 9.17) is 9.47 Å². The Morgan fingerprint density at radius 3 is 2.42 bits per heavy atom. The van der Waals surface area contributed by atoms with Crippen LogP contribution in [-0.4, -0.2) is 58.3 Å². The summed E-state index contributed by atoms with van der Waals surface area (Å²) in [5.41, 5.74) is 4.63. The molecule has 0 radical (unpaired) electrons. The highest BCUT2D eigenvalue weighted by Crippen LogP contribution is 2.22. The fourth-order valence-corrected chi connectivity index (χ4v) is 3.19. The predicted octanol–water partition coefficient (Wildman–Crippen LogP) is 1.46. The van der Waals surface area contributed by atoms with Crippen molar-refractivity contribution in [2.75, 3.05) is 36.6 Å². The predicted molar refractivity (Wildman–Crippen MR) is 124 cm³/mol. The lowest BCUT2D eigenvalue weighted by Crippen LogP contribution is -2.40. The highest BCUT2D eigenvalue weighted by Gasteiger charge is 2.24. The molecule has 2 aromatic heterocycles. The molecule has 0 aromatic carbocycles. The minimum absolute atomic E-state index is 0.0110. The first-order valence-electron chi connectivity index (χ1n) is 10.9. The Morgan fingerprint density at radius 1 is 1.15 bits per heavy atom. The van der Waals surface area contributed by atoms with Crippen molar-refractivity contribution >= 4 is 34.5 Å². The van der Waals surface area contributed by atoms with Crippen molar-refractivity contribution < 1.29 is 19.1 Å². The summed E-state index contributed by atoms with van der Waals surface area (Å²) in [5.74, 6) is -0.811. The van der Waals surface area contributed by atoms with E-state index < -0.39 is 22.5 Å². The molecule has 2 aromatic rings. The zero-order chi connectivity index (χ0) is 24.4. The smallest absolute Gasteiger partial charge is 0.326 e. The van der Waals surface area contributed by atoms with Gasteiger partial charge in [0.1, 0.15) is 12.1 Å². The van der Waals surface area contributed by atoms with E-state index in [1.165, 1.54) is 4.57 Å². The molecule has 1 saturated heterocycles.